The van der Waals surface area contributed by atoms with E-state index in [0.29, 0.717) is 17.7 Å². The number of halogens is 3. The van der Waals surface area contributed by atoms with Crippen LogP contribution in [0.4, 0.5) is 24.5 Å². The lowest BCUT2D eigenvalue weighted by Gasteiger charge is -2.10. The molecule has 1 N–H and O–H groups in total. The number of esters is 1. The molecule has 2 aromatic rings. The van der Waals surface area contributed by atoms with Crippen molar-refractivity contribution in [2.45, 2.75) is 13.1 Å². The van der Waals surface area contributed by atoms with Crippen LogP contribution in [0.25, 0.3) is 0 Å². The van der Waals surface area contributed by atoms with E-state index in [1.807, 2.05) is 0 Å². The summed E-state index contributed by atoms with van der Waals surface area (Å²) in [5, 5.41) is 13.4. The van der Waals surface area contributed by atoms with Crippen molar-refractivity contribution in [1.29, 1.82) is 0 Å². The Labute approximate surface area is 150 Å². The number of nitrogens with one attached hydrogen (secondary N) is 1. The van der Waals surface area contributed by atoms with Crippen LogP contribution < -0.4 is 10.1 Å². The number of Topliss-reactive ketones (excluding diaryl/α,β-unsaturated/α-hetero) is 1. The van der Waals surface area contributed by atoms with E-state index >= 15 is 0 Å². The first-order valence-corrected chi connectivity index (χ1v) is 7.49. The summed E-state index contributed by atoms with van der Waals surface area (Å²) in [6.45, 7) is 0.864. The highest BCUT2D eigenvalue weighted by Crippen LogP contribution is 2.34. The third kappa shape index (κ3) is 5.27. The van der Waals surface area contributed by atoms with Gasteiger partial charge < -0.3 is 10.1 Å². The summed E-state index contributed by atoms with van der Waals surface area (Å²) in [5.41, 5.74) is -1.82. The molecule has 0 aromatic heterocycles. The summed E-state index contributed by atoms with van der Waals surface area (Å²) in [7, 11) is 0. The standard InChI is InChI=1S/C17H13F3N2O5/c1-10(23)11-2-5-13(6-3-11)27-16(24)9-21-14-7-4-12(17(18,19)20)8-15(14)22(25)26/h2-8,21H,9H2,1H3. The number of nitro benzene ring substituents is 1. The molecule has 0 aliphatic carbocycles. The van der Waals surface area contributed by atoms with Gasteiger partial charge in [0.25, 0.3) is 5.69 Å². The van der Waals surface area contributed by atoms with Crippen molar-refractivity contribution >= 4 is 23.1 Å². The Bertz CT molecular complexity index is 879. The van der Waals surface area contributed by atoms with Crippen LogP contribution in [0.15, 0.2) is 42.5 Å². The average molecular weight is 382 g/mol. The fourth-order valence-electron chi connectivity index (χ4n) is 2.10. The van der Waals surface area contributed by atoms with E-state index in [2.05, 4.69) is 5.32 Å². The molecular formula is C17H13F3N2O5. The van der Waals surface area contributed by atoms with Gasteiger partial charge in [0.15, 0.2) is 5.78 Å². The molecule has 0 heterocycles. The van der Waals surface area contributed by atoms with Crippen LogP contribution in [0, 0.1) is 10.1 Å². The number of anilines is 1. The molecule has 0 atom stereocenters. The molecular weight excluding hydrogens is 369 g/mol. The highest BCUT2D eigenvalue weighted by atomic mass is 19.4. The van der Waals surface area contributed by atoms with E-state index in [1.54, 1.807) is 0 Å². The van der Waals surface area contributed by atoms with Crippen LogP contribution in [0.5, 0.6) is 5.75 Å². The molecule has 0 fully saturated rings. The van der Waals surface area contributed by atoms with Gasteiger partial charge in [0.05, 0.1) is 10.5 Å². The monoisotopic (exact) mass is 382 g/mol. The van der Waals surface area contributed by atoms with Crippen LogP contribution in [0.3, 0.4) is 0 Å². The predicted molar refractivity (Wildman–Crippen MR) is 88.7 cm³/mol. The SMILES string of the molecule is CC(=O)c1ccc(OC(=O)CNc2ccc(C(F)(F)F)cc2[N+](=O)[O-])cc1. The van der Waals surface area contributed by atoms with Crippen LogP contribution >= 0.6 is 0 Å². The molecule has 7 nitrogen and oxygen atoms in total. The van der Waals surface area contributed by atoms with Gasteiger partial charge in [-0.25, -0.2) is 4.79 Å². The number of carbonyl (C=O) groups excluding carboxylic acids is 2. The first kappa shape index (κ1) is 19.9. The lowest BCUT2D eigenvalue weighted by atomic mass is 10.1. The molecule has 0 saturated heterocycles. The Kier molecular flexibility index (Phi) is 5.78. The number of hydrogen-bond donors (Lipinski definition) is 1. The zero-order valence-corrected chi connectivity index (χ0v) is 13.9. The first-order valence-electron chi connectivity index (χ1n) is 7.49. The predicted octanol–water partition coefficient (Wildman–Crippen LogP) is 3.83. The highest BCUT2D eigenvalue weighted by Gasteiger charge is 2.33. The van der Waals surface area contributed by atoms with E-state index in [-0.39, 0.29) is 17.2 Å². The Hall–Kier alpha value is -3.43. The molecule has 0 saturated carbocycles. The van der Waals surface area contributed by atoms with E-state index in [9.17, 15) is 32.9 Å². The number of ether oxygens (including phenoxy) is 1. The number of carbonyl (C=O) groups is 2. The second kappa shape index (κ2) is 7.85. The quantitative estimate of drug-likeness (QED) is 0.268. The molecule has 2 rings (SSSR count). The van der Waals surface area contributed by atoms with Crippen LogP contribution in [0.1, 0.15) is 22.8 Å². The number of nitro groups is 1. The maximum atomic E-state index is 12.7. The summed E-state index contributed by atoms with van der Waals surface area (Å²) < 4.78 is 43.0. The Morgan fingerprint density at radius 1 is 1.15 bits per heavy atom. The Morgan fingerprint density at radius 2 is 1.78 bits per heavy atom. The van der Waals surface area contributed by atoms with Gasteiger partial charge in [0.1, 0.15) is 18.0 Å². The van der Waals surface area contributed by atoms with Gasteiger partial charge in [-0.05, 0) is 43.3 Å². The van der Waals surface area contributed by atoms with Crippen LogP contribution in [-0.2, 0) is 11.0 Å². The van der Waals surface area contributed by atoms with Crippen molar-refractivity contribution in [3.8, 4) is 5.75 Å². The summed E-state index contributed by atoms with van der Waals surface area (Å²) in [6.07, 6.45) is -4.73. The summed E-state index contributed by atoms with van der Waals surface area (Å²) in [5.74, 6) is -0.836. The van der Waals surface area contributed by atoms with Crippen molar-refractivity contribution in [2.75, 3.05) is 11.9 Å². The maximum absolute atomic E-state index is 12.7. The second-order valence-corrected chi connectivity index (χ2v) is 5.39. The Balaban J connectivity index is 2.06. The second-order valence-electron chi connectivity index (χ2n) is 5.39. The van der Waals surface area contributed by atoms with Gasteiger partial charge in [-0.15, -0.1) is 0 Å². The minimum absolute atomic E-state index is 0.147. The molecule has 0 amide bonds. The lowest BCUT2D eigenvalue weighted by Crippen LogP contribution is -2.20. The molecule has 0 spiro atoms. The molecule has 0 aliphatic heterocycles. The molecule has 2 aromatic carbocycles. The lowest BCUT2D eigenvalue weighted by molar-refractivity contribution is -0.384. The van der Waals surface area contributed by atoms with Crippen molar-refractivity contribution in [2.24, 2.45) is 0 Å². The van der Waals surface area contributed by atoms with Gasteiger partial charge in [-0.1, -0.05) is 0 Å². The molecule has 0 bridgehead atoms. The number of benzene rings is 2. The fraction of sp³-hybridized carbons (Fsp3) is 0.176. The maximum Gasteiger partial charge on any atom is 0.416 e. The third-order valence-electron chi connectivity index (χ3n) is 3.44. The van der Waals surface area contributed by atoms with Crippen molar-refractivity contribution < 1.29 is 32.4 Å². The number of nitrogens with zero attached hydrogens (tertiary/aromatic N) is 1. The molecule has 10 heteroatoms. The van der Waals surface area contributed by atoms with Crippen LogP contribution in [-0.4, -0.2) is 23.2 Å². The van der Waals surface area contributed by atoms with E-state index in [0.717, 1.165) is 6.07 Å². The van der Waals surface area contributed by atoms with Gasteiger partial charge >= 0.3 is 12.1 Å². The average Bonchev–Trinajstić information content (AvgIpc) is 2.59. The largest absolute Gasteiger partial charge is 0.425 e. The first-order chi connectivity index (χ1) is 12.6. The third-order valence-corrected chi connectivity index (χ3v) is 3.44. The Morgan fingerprint density at radius 3 is 2.30 bits per heavy atom. The number of alkyl halides is 3. The molecule has 0 unspecified atom stereocenters. The molecule has 0 radical (unpaired) electrons. The van der Waals surface area contributed by atoms with E-state index in [4.69, 9.17) is 4.74 Å². The summed E-state index contributed by atoms with van der Waals surface area (Å²) >= 11 is 0. The van der Waals surface area contributed by atoms with Crippen molar-refractivity contribution in [1.82, 2.24) is 0 Å². The number of hydrogen-bond acceptors (Lipinski definition) is 6. The normalized spacial score (nSPS) is 11.0. The zero-order valence-electron chi connectivity index (χ0n) is 13.9. The smallest absolute Gasteiger partial charge is 0.416 e. The van der Waals surface area contributed by atoms with Gasteiger partial charge in [0, 0.05) is 11.6 Å². The summed E-state index contributed by atoms with van der Waals surface area (Å²) in [6, 6.07) is 7.63. The van der Waals surface area contributed by atoms with Crippen molar-refractivity contribution in [3.63, 3.8) is 0 Å². The number of ketones is 1. The molecule has 0 aliphatic rings. The minimum atomic E-state index is -4.73. The van der Waals surface area contributed by atoms with Gasteiger partial charge in [-0.3, -0.25) is 14.9 Å². The highest BCUT2D eigenvalue weighted by molar-refractivity contribution is 5.94. The summed E-state index contributed by atoms with van der Waals surface area (Å²) in [4.78, 5) is 33.0. The topological polar surface area (TPSA) is 98.5 Å². The minimum Gasteiger partial charge on any atom is -0.425 e. The molecule has 27 heavy (non-hydrogen) atoms. The van der Waals surface area contributed by atoms with Crippen LogP contribution in [0.2, 0.25) is 0 Å². The van der Waals surface area contributed by atoms with Crippen molar-refractivity contribution in [3.05, 3.63) is 63.7 Å². The zero-order chi connectivity index (χ0) is 20.2. The van der Waals surface area contributed by atoms with Gasteiger partial charge in [-0.2, -0.15) is 13.2 Å². The van der Waals surface area contributed by atoms with Gasteiger partial charge in [0.2, 0.25) is 0 Å². The number of rotatable bonds is 6. The fourth-order valence-corrected chi connectivity index (χ4v) is 2.10. The molecule has 142 valence electrons. The van der Waals surface area contributed by atoms with E-state index in [1.165, 1.54) is 31.2 Å². The van der Waals surface area contributed by atoms with E-state index < -0.39 is 34.9 Å².